The average Bonchev–Trinajstić information content (AvgIpc) is 2.83. The molecule has 102 valence electrons. The molecule has 1 aliphatic rings. The average molecular weight is 264 g/mol. The summed E-state index contributed by atoms with van der Waals surface area (Å²) in [5.74, 6) is -1.28. The molecule has 0 aromatic carbocycles. The molecule has 0 aliphatic carbocycles. The Morgan fingerprint density at radius 2 is 2.21 bits per heavy atom. The zero-order chi connectivity index (χ0) is 14.0. The lowest BCUT2D eigenvalue weighted by atomic mass is 10.1. The summed E-state index contributed by atoms with van der Waals surface area (Å²) in [6.45, 7) is 2.58. The molecular formula is C13H16N2O4. The van der Waals surface area contributed by atoms with Gasteiger partial charge in [-0.1, -0.05) is 0 Å². The molecule has 2 heterocycles. The fourth-order valence-electron chi connectivity index (χ4n) is 2.21. The van der Waals surface area contributed by atoms with Gasteiger partial charge in [0.15, 0.2) is 0 Å². The molecule has 1 fully saturated rings. The van der Waals surface area contributed by atoms with Gasteiger partial charge in [0.1, 0.15) is 5.69 Å². The van der Waals surface area contributed by atoms with E-state index >= 15 is 0 Å². The molecule has 1 aliphatic heterocycles. The van der Waals surface area contributed by atoms with Crippen LogP contribution in [0.1, 0.15) is 34.2 Å². The highest BCUT2D eigenvalue weighted by atomic mass is 16.5. The largest absolute Gasteiger partial charge is 0.478 e. The van der Waals surface area contributed by atoms with Gasteiger partial charge in [-0.25, -0.2) is 4.79 Å². The van der Waals surface area contributed by atoms with Crippen LogP contribution < -0.4 is 0 Å². The maximum atomic E-state index is 12.2. The molecule has 6 heteroatoms. The Balaban J connectivity index is 2.12. The van der Waals surface area contributed by atoms with Crippen molar-refractivity contribution in [3.8, 4) is 0 Å². The van der Waals surface area contributed by atoms with E-state index in [1.807, 2.05) is 6.92 Å². The third-order valence-electron chi connectivity index (χ3n) is 3.38. The second-order valence-electron chi connectivity index (χ2n) is 4.59. The number of nitrogens with zero attached hydrogens (tertiary/aromatic N) is 2. The SMILES string of the molecule is CC1OCCC1N(C)C(=O)c1ccc(C(=O)O)cn1. The Morgan fingerprint density at radius 3 is 2.68 bits per heavy atom. The lowest BCUT2D eigenvalue weighted by Gasteiger charge is -2.26. The van der Waals surface area contributed by atoms with Crippen LogP contribution in [0.15, 0.2) is 18.3 Å². The summed E-state index contributed by atoms with van der Waals surface area (Å²) in [5.41, 5.74) is 0.309. The van der Waals surface area contributed by atoms with Crippen molar-refractivity contribution < 1.29 is 19.4 Å². The zero-order valence-corrected chi connectivity index (χ0v) is 10.9. The van der Waals surface area contributed by atoms with Gasteiger partial charge in [0, 0.05) is 19.9 Å². The van der Waals surface area contributed by atoms with Crippen molar-refractivity contribution >= 4 is 11.9 Å². The number of carboxylic acid groups (broad SMARTS) is 1. The number of carboxylic acids is 1. The maximum Gasteiger partial charge on any atom is 0.337 e. The molecule has 0 spiro atoms. The third-order valence-corrected chi connectivity index (χ3v) is 3.38. The number of ether oxygens (including phenoxy) is 1. The highest BCUT2D eigenvalue weighted by Gasteiger charge is 2.31. The minimum atomic E-state index is -1.06. The third kappa shape index (κ3) is 2.73. The normalized spacial score (nSPS) is 22.2. The molecule has 1 aromatic heterocycles. The molecule has 2 unspecified atom stereocenters. The van der Waals surface area contributed by atoms with Gasteiger partial charge in [-0.05, 0) is 25.5 Å². The van der Waals surface area contributed by atoms with Gasteiger partial charge in [0.05, 0.1) is 17.7 Å². The van der Waals surface area contributed by atoms with Crippen LogP contribution in [0.25, 0.3) is 0 Å². The quantitative estimate of drug-likeness (QED) is 0.882. The molecule has 1 amide bonds. The van der Waals surface area contributed by atoms with Gasteiger partial charge in [-0.15, -0.1) is 0 Å². The number of aromatic nitrogens is 1. The van der Waals surface area contributed by atoms with Gasteiger partial charge >= 0.3 is 5.97 Å². The van der Waals surface area contributed by atoms with Gasteiger partial charge < -0.3 is 14.7 Å². The first-order chi connectivity index (χ1) is 9.00. The number of likely N-dealkylation sites (N-methyl/N-ethyl adjacent to an activating group) is 1. The van der Waals surface area contributed by atoms with Gasteiger partial charge in [0.25, 0.3) is 5.91 Å². The molecule has 19 heavy (non-hydrogen) atoms. The Labute approximate surface area is 111 Å². The van der Waals surface area contributed by atoms with Crippen molar-refractivity contribution in [2.75, 3.05) is 13.7 Å². The smallest absolute Gasteiger partial charge is 0.337 e. The maximum absolute atomic E-state index is 12.2. The molecule has 0 bridgehead atoms. The van der Waals surface area contributed by atoms with E-state index in [4.69, 9.17) is 9.84 Å². The van der Waals surface area contributed by atoms with E-state index in [2.05, 4.69) is 4.98 Å². The van der Waals surface area contributed by atoms with Crippen LogP contribution in [0, 0.1) is 0 Å². The number of carbonyl (C=O) groups excluding carboxylic acids is 1. The Bertz CT molecular complexity index is 486. The van der Waals surface area contributed by atoms with Crippen LogP contribution in [0.5, 0.6) is 0 Å². The Morgan fingerprint density at radius 1 is 1.47 bits per heavy atom. The van der Waals surface area contributed by atoms with E-state index in [1.54, 1.807) is 11.9 Å². The van der Waals surface area contributed by atoms with Crippen LogP contribution in [-0.2, 0) is 4.74 Å². The first-order valence-corrected chi connectivity index (χ1v) is 6.09. The zero-order valence-electron chi connectivity index (χ0n) is 10.9. The van der Waals surface area contributed by atoms with Crippen LogP contribution in [0.4, 0.5) is 0 Å². The predicted molar refractivity (Wildman–Crippen MR) is 67.1 cm³/mol. The van der Waals surface area contributed by atoms with Crippen LogP contribution in [-0.4, -0.2) is 52.7 Å². The van der Waals surface area contributed by atoms with Gasteiger partial charge in [0.2, 0.25) is 0 Å². The van der Waals surface area contributed by atoms with E-state index in [0.29, 0.717) is 6.61 Å². The van der Waals surface area contributed by atoms with E-state index in [-0.39, 0.29) is 29.3 Å². The number of amides is 1. The number of rotatable bonds is 3. The first-order valence-electron chi connectivity index (χ1n) is 6.09. The molecule has 1 N–H and O–H groups in total. The van der Waals surface area contributed by atoms with Crippen LogP contribution in [0.2, 0.25) is 0 Å². The second kappa shape index (κ2) is 5.36. The topological polar surface area (TPSA) is 79.7 Å². The van der Waals surface area contributed by atoms with Crippen LogP contribution in [0.3, 0.4) is 0 Å². The monoisotopic (exact) mass is 264 g/mol. The number of pyridine rings is 1. The number of carbonyl (C=O) groups is 2. The van der Waals surface area contributed by atoms with Crippen molar-refractivity contribution in [2.45, 2.75) is 25.5 Å². The molecule has 1 aromatic rings. The van der Waals surface area contributed by atoms with Crippen molar-refractivity contribution in [3.05, 3.63) is 29.6 Å². The number of hydrogen-bond acceptors (Lipinski definition) is 4. The molecule has 6 nitrogen and oxygen atoms in total. The lowest BCUT2D eigenvalue weighted by molar-refractivity contribution is 0.0569. The fourth-order valence-corrected chi connectivity index (χ4v) is 2.21. The van der Waals surface area contributed by atoms with Crippen molar-refractivity contribution in [1.82, 2.24) is 9.88 Å². The van der Waals surface area contributed by atoms with Crippen molar-refractivity contribution in [3.63, 3.8) is 0 Å². The summed E-state index contributed by atoms with van der Waals surface area (Å²) in [6, 6.07) is 2.85. The molecule has 2 atom stereocenters. The molecule has 1 saturated heterocycles. The molecule has 2 rings (SSSR count). The van der Waals surface area contributed by atoms with Gasteiger partial charge in [-0.3, -0.25) is 9.78 Å². The molecule has 0 saturated carbocycles. The predicted octanol–water partition coefficient (Wildman–Crippen LogP) is 1.03. The molecule has 0 radical (unpaired) electrons. The summed E-state index contributed by atoms with van der Waals surface area (Å²) in [5, 5.41) is 8.78. The first kappa shape index (κ1) is 13.5. The minimum absolute atomic E-state index is 0.00671. The molecular weight excluding hydrogens is 248 g/mol. The fraction of sp³-hybridized carbons (Fsp3) is 0.462. The lowest BCUT2D eigenvalue weighted by Crippen LogP contribution is -2.41. The summed E-state index contributed by atoms with van der Waals surface area (Å²) in [6.07, 6.45) is 2.00. The highest BCUT2D eigenvalue weighted by molar-refractivity contribution is 5.93. The summed E-state index contributed by atoms with van der Waals surface area (Å²) in [7, 11) is 1.71. The van der Waals surface area contributed by atoms with E-state index < -0.39 is 5.97 Å². The number of hydrogen-bond donors (Lipinski definition) is 1. The minimum Gasteiger partial charge on any atom is -0.478 e. The van der Waals surface area contributed by atoms with E-state index in [1.165, 1.54) is 18.3 Å². The van der Waals surface area contributed by atoms with Crippen LogP contribution >= 0.6 is 0 Å². The summed E-state index contributed by atoms with van der Waals surface area (Å²) in [4.78, 5) is 28.5. The van der Waals surface area contributed by atoms with Crippen molar-refractivity contribution in [1.29, 1.82) is 0 Å². The van der Waals surface area contributed by atoms with Crippen molar-refractivity contribution in [2.24, 2.45) is 0 Å². The Kier molecular flexibility index (Phi) is 3.80. The standard InChI is InChI=1S/C13H16N2O4/c1-8-11(5-6-19-8)15(2)12(16)10-4-3-9(7-14-10)13(17)18/h3-4,7-8,11H,5-6H2,1-2H3,(H,17,18). The van der Waals surface area contributed by atoms with E-state index in [0.717, 1.165) is 6.42 Å². The number of aromatic carboxylic acids is 1. The summed E-state index contributed by atoms with van der Waals surface area (Å²) >= 11 is 0. The highest BCUT2D eigenvalue weighted by Crippen LogP contribution is 2.19. The Hall–Kier alpha value is -1.95. The second-order valence-corrected chi connectivity index (χ2v) is 4.59. The van der Waals surface area contributed by atoms with E-state index in [9.17, 15) is 9.59 Å². The summed E-state index contributed by atoms with van der Waals surface area (Å²) < 4.78 is 5.43. The van der Waals surface area contributed by atoms with Gasteiger partial charge in [-0.2, -0.15) is 0 Å².